The van der Waals surface area contributed by atoms with Crippen LogP contribution in [0.4, 0.5) is 5.69 Å². The number of fused-ring (bicyclic) bond motifs is 1. The Morgan fingerprint density at radius 3 is 2.05 bits per heavy atom. The fraction of sp³-hybridized carbons (Fsp3) is 0.750. The molecule has 0 aromatic heterocycles. The van der Waals surface area contributed by atoms with Gasteiger partial charge in [0.05, 0.1) is 13.2 Å². The average molecular weight is 516 g/mol. The number of ether oxygens (including phenoxy) is 2. The lowest BCUT2D eigenvalue weighted by molar-refractivity contribution is -0.142. The van der Waals surface area contributed by atoms with Gasteiger partial charge >= 0.3 is 5.97 Å². The van der Waals surface area contributed by atoms with E-state index in [4.69, 9.17) is 9.47 Å². The summed E-state index contributed by atoms with van der Waals surface area (Å²) in [4.78, 5) is 25.8. The molecule has 0 fully saturated rings. The quantitative estimate of drug-likeness (QED) is 0.186. The van der Waals surface area contributed by atoms with Crippen LogP contribution in [0.15, 0.2) is 18.2 Å². The van der Waals surface area contributed by atoms with Gasteiger partial charge in [-0.05, 0) is 67.2 Å². The Bertz CT molecular complexity index is 821. The van der Waals surface area contributed by atoms with Crippen LogP contribution >= 0.6 is 0 Å². The van der Waals surface area contributed by atoms with Crippen LogP contribution in [0.3, 0.4) is 0 Å². The van der Waals surface area contributed by atoms with Gasteiger partial charge in [0, 0.05) is 12.1 Å². The van der Waals surface area contributed by atoms with E-state index in [2.05, 4.69) is 34.6 Å². The Hall–Kier alpha value is -2.04. The molecule has 1 heterocycles. The summed E-state index contributed by atoms with van der Waals surface area (Å²) >= 11 is 0. The number of rotatable bonds is 18. The molecule has 1 aromatic rings. The minimum absolute atomic E-state index is 0.0341. The van der Waals surface area contributed by atoms with Crippen molar-refractivity contribution in [3.63, 3.8) is 0 Å². The highest BCUT2D eigenvalue weighted by atomic mass is 16.5. The molecule has 0 saturated carbocycles. The Labute approximate surface area is 226 Å². The second-order valence-corrected chi connectivity index (χ2v) is 11.9. The van der Waals surface area contributed by atoms with E-state index in [1.165, 1.54) is 62.7 Å². The number of anilines is 1. The largest absolute Gasteiger partial charge is 0.493 e. The molecule has 0 N–H and O–H groups in total. The second kappa shape index (κ2) is 16.7. The van der Waals surface area contributed by atoms with Gasteiger partial charge < -0.3 is 14.4 Å². The van der Waals surface area contributed by atoms with Crippen LogP contribution in [0.2, 0.25) is 0 Å². The Balaban J connectivity index is 1.66. The molecule has 1 aromatic carbocycles. The maximum atomic E-state index is 12.4. The van der Waals surface area contributed by atoms with Crippen molar-refractivity contribution in [2.45, 2.75) is 112 Å². The lowest BCUT2D eigenvalue weighted by Gasteiger charge is -2.29. The van der Waals surface area contributed by atoms with E-state index in [-0.39, 0.29) is 18.4 Å². The predicted octanol–water partition coefficient (Wildman–Crippen LogP) is 7.98. The lowest BCUT2D eigenvalue weighted by atomic mass is 9.91. The summed E-state index contributed by atoms with van der Waals surface area (Å²) in [6.07, 6.45) is 13.0. The van der Waals surface area contributed by atoms with Crippen LogP contribution in [-0.4, -0.2) is 31.6 Å². The molecule has 3 unspecified atom stereocenters. The number of amides is 1. The molecular formula is C32H53NO4. The zero-order chi connectivity index (χ0) is 27.2. The van der Waals surface area contributed by atoms with Crippen LogP contribution in [-0.2, 0) is 20.7 Å². The Morgan fingerprint density at radius 1 is 0.865 bits per heavy atom. The molecule has 5 heteroatoms. The second-order valence-electron chi connectivity index (χ2n) is 11.9. The average Bonchev–Trinajstić information content (AvgIpc) is 2.84. The zero-order valence-corrected chi connectivity index (χ0v) is 24.5. The van der Waals surface area contributed by atoms with E-state index in [1.807, 2.05) is 18.2 Å². The van der Waals surface area contributed by atoms with Crippen LogP contribution in [0.25, 0.3) is 0 Å². The highest BCUT2D eigenvalue weighted by molar-refractivity contribution is 6.00. The van der Waals surface area contributed by atoms with E-state index in [0.717, 1.165) is 34.8 Å². The zero-order valence-electron chi connectivity index (χ0n) is 24.5. The van der Waals surface area contributed by atoms with E-state index >= 15 is 0 Å². The highest BCUT2D eigenvalue weighted by Crippen LogP contribution is 2.31. The van der Waals surface area contributed by atoms with Crippen LogP contribution in [0.1, 0.15) is 111 Å². The van der Waals surface area contributed by atoms with Gasteiger partial charge in [0.1, 0.15) is 12.3 Å². The van der Waals surface area contributed by atoms with Gasteiger partial charge in [0.15, 0.2) is 0 Å². The van der Waals surface area contributed by atoms with Crippen molar-refractivity contribution >= 4 is 17.6 Å². The van der Waals surface area contributed by atoms with Crippen molar-refractivity contribution in [1.82, 2.24) is 0 Å². The van der Waals surface area contributed by atoms with Gasteiger partial charge in [-0.3, -0.25) is 9.59 Å². The first kappa shape index (κ1) is 31.2. The summed E-state index contributed by atoms with van der Waals surface area (Å²) in [5.74, 6) is 3.44. The fourth-order valence-electron chi connectivity index (χ4n) is 5.25. The molecule has 1 aliphatic heterocycles. The SMILES string of the molecule is CCOC(=O)CN1C(=O)CCc2cc(OCC(C)CCCC(C)CCCC(C)CCCC(C)C)ccc21. The first-order valence-corrected chi connectivity index (χ1v) is 14.9. The molecule has 37 heavy (non-hydrogen) atoms. The maximum Gasteiger partial charge on any atom is 0.326 e. The molecule has 0 spiro atoms. The van der Waals surface area contributed by atoms with Crippen molar-refractivity contribution in [2.75, 3.05) is 24.7 Å². The number of carbonyl (C=O) groups excluding carboxylic acids is 2. The van der Waals surface area contributed by atoms with Gasteiger partial charge in [-0.25, -0.2) is 0 Å². The Kier molecular flexibility index (Phi) is 14.1. The van der Waals surface area contributed by atoms with Crippen molar-refractivity contribution < 1.29 is 19.1 Å². The molecule has 1 amide bonds. The van der Waals surface area contributed by atoms with Crippen molar-refractivity contribution in [3.8, 4) is 5.75 Å². The number of carbonyl (C=O) groups is 2. The molecular weight excluding hydrogens is 462 g/mol. The molecule has 1 aliphatic rings. The number of esters is 1. The number of hydrogen-bond acceptors (Lipinski definition) is 4. The van der Waals surface area contributed by atoms with Crippen LogP contribution in [0, 0.1) is 23.7 Å². The summed E-state index contributed by atoms with van der Waals surface area (Å²) in [5, 5.41) is 0. The fourth-order valence-corrected chi connectivity index (χ4v) is 5.25. The smallest absolute Gasteiger partial charge is 0.326 e. The molecule has 0 bridgehead atoms. The van der Waals surface area contributed by atoms with Gasteiger partial charge in [-0.2, -0.15) is 0 Å². The molecule has 0 radical (unpaired) electrons. The summed E-state index contributed by atoms with van der Waals surface area (Å²) in [6.45, 7) is 14.5. The first-order valence-electron chi connectivity index (χ1n) is 14.9. The summed E-state index contributed by atoms with van der Waals surface area (Å²) in [7, 11) is 0. The minimum Gasteiger partial charge on any atom is -0.493 e. The third kappa shape index (κ3) is 11.9. The van der Waals surface area contributed by atoms with Crippen LogP contribution < -0.4 is 9.64 Å². The van der Waals surface area contributed by atoms with Gasteiger partial charge in [0.25, 0.3) is 0 Å². The summed E-state index contributed by atoms with van der Waals surface area (Å²) < 4.78 is 11.1. The standard InChI is InChI=1S/C32H53NO4/c1-7-36-32(35)22-33-30-19-18-29(21-28(30)17-20-31(33)34)37-23-27(6)16-10-15-26(5)14-9-13-25(4)12-8-11-24(2)3/h18-19,21,24-27H,7-17,20,22-23H2,1-6H3. The molecule has 5 nitrogen and oxygen atoms in total. The molecule has 0 aliphatic carbocycles. The van der Waals surface area contributed by atoms with E-state index < -0.39 is 0 Å². The molecule has 3 atom stereocenters. The monoisotopic (exact) mass is 515 g/mol. The summed E-state index contributed by atoms with van der Waals surface area (Å²) in [5.41, 5.74) is 1.85. The van der Waals surface area contributed by atoms with Crippen molar-refractivity contribution in [1.29, 1.82) is 0 Å². The van der Waals surface area contributed by atoms with Gasteiger partial charge in [-0.1, -0.05) is 86.0 Å². The van der Waals surface area contributed by atoms with E-state index in [1.54, 1.807) is 6.92 Å². The van der Waals surface area contributed by atoms with Gasteiger partial charge in [0.2, 0.25) is 5.91 Å². The lowest BCUT2D eigenvalue weighted by Crippen LogP contribution is -2.39. The normalized spacial score (nSPS) is 15.9. The van der Waals surface area contributed by atoms with Crippen molar-refractivity contribution in [3.05, 3.63) is 23.8 Å². The summed E-state index contributed by atoms with van der Waals surface area (Å²) in [6, 6.07) is 5.84. The number of aryl methyl sites for hydroxylation is 1. The molecule has 210 valence electrons. The first-order chi connectivity index (χ1) is 17.7. The molecule has 2 rings (SSSR count). The number of nitrogens with zero attached hydrogens (tertiary/aromatic N) is 1. The van der Waals surface area contributed by atoms with Gasteiger partial charge in [-0.15, -0.1) is 0 Å². The topological polar surface area (TPSA) is 55.8 Å². The Morgan fingerprint density at radius 2 is 1.46 bits per heavy atom. The third-order valence-electron chi connectivity index (χ3n) is 7.64. The number of benzene rings is 1. The molecule has 0 saturated heterocycles. The minimum atomic E-state index is -0.376. The van der Waals surface area contributed by atoms with E-state index in [9.17, 15) is 9.59 Å². The predicted molar refractivity (Wildman–Crippen MR) is 153 cm³/mol. The third-order valence-corrected chi connectivity index (χ3v) is 7.64. The van der Waals surface area contributed by atoms with E-state index in [0.29, 0.717) is 32.0 Å². The van der Waals surface area contributed by atoms with Crippen LogP contribution in [0.5, 0.6) is 5.75 Å². The van der Waals surface area contributed by atoms with Crippen molar-refractivity contribution in [2.24, 2.45) is 23.7 Å². The maximum absolute atomic E-state index is 12.4. The number of hydrogen-bond donors (Lipinski definition) is 0. The highest BCUT2D eigenvalue weighted by Gasteiger charge is 2.26.